The van der Waals surface area contributed by atoms with Gasteiger partial charge in [0.15, 0.2) is 0 Å². The molecule has 0 saturated carbocycles. The van der Waals surface area contributed by atoms with E-state index < -0.39 is 0 Å². The molecule has 3 aromatic carbocycles. The van der Waals surface area contributed by atoms with Crippen LogP contribution in [0.15, 0.2) is 89.9 Å². The van der Waals surface area contributed by atoms with Gasteiger partial charge in [0.2, 0.25) is 5.28 Å². The Kier molecular flexibility index (Phi) is 3.92. The van der Waals surface area contributed by atoms with Crippen molar-refractivity contribution in [2.45, 2.75) is 0 Å². The van der Waals surface area contributed by atoms with E-state index in [1.54, 1.807) is 10.8 Å². The lowest BCUT2D eigenvalue weighted by atomic mass is 10.0. The molecule has 28 heavy (non-hydrogen) atoms. The van der Waals surface area contributed by atoms with Crippen LogP contribution in [0.3, 0.4) is 0 Å². The second-order valence-corrected chi connectivity index (χ2v) is 6.81. The lowest BCUT2D eigenvalue weighted by molar-refractivity contribution is 1.05. The Labute approximate surface area is 165 Å². The monoisotopic (exact) mass is 383 g/mol. The fraction of sp³-hybridized carbons (Fsp3) is 0. The zero-order valence-electron chi connectivity index (χ0n) is 14.7. The van der Waals surface area contributed by atoms with Crippen molar-refractivity contribution in [3.05, 3.63) is 101 Å². The summed E-state index contributed by atoms with van der Waals surface area (Å²) in [6, 6.07) is 25.8. The predicted molar refractivity (Wildman–Crippen MR) is 113 cm³/mol. The third kappa shape index (κ3) is 2.66. The molecule has 0 saturated heterocycles. The Balaban J connectivity index is 1.86. The second kappa shape index (κ2) is 6.59. The summed E-state index contributed by atoms with van der Waals surface area (Å²) in [7, 11) is 0. The molecule has 2 heterocycles. The van der Waals surface area contributed by atoms with Crippen LogP contribution in [-0.4, -0.2) is 14.5 Å². The van der Waals surface area contributed by atoms with E-state index in [9.17, 15) is 4.79 Å². The number of benzene rings is 3. The molecule has 0 fully saturated rings. The molecular formula is C23H14ClN3O. The largest absolute Gasteiger partial charge is 0.282 e. The fourth-order valence-corrected chi connectivity index (χ4v) is 3.68. The highest BCUT2D eigenvalue weighted by Gasteiger charge is 2.14. The van der Waals surface area contributed by atoms with Gasteiger partial charge in [0, 0.05) is 22.7 Å². The maximum Gasteiger partial charge on any atom is 0.282 e. The van der Waals surface area contributed by atoms with Crippen LogP contribution in [0, 0.1) is 0 Å². The maximum absolute atomic E-state index is 13.4. The van der Waals surface area contributed by atoms with Crippen molar-refractivity contribution < 1.29 is 0 Å². The Morgan fingerprint density at radius 2 is 1.54 bits per heavy atom. The molecule has 0 atom stereocenters. The molecule has 0 aliphatic carbocycles. The van der Waals surface area contributed by atoms with Gasteiger partial charge < -0.3 is 0 Å². The summed E-state index contributed by atoms with van der Waals surface area (Å²) in [5.74, 6) is 0. The molecule has 0 unspecified atom stereocenters. The van der Waals surface area contributed by atoms with E-state index in [0.29, 0.717) is 10.9 Å². The number of pyridine rings is 1. The highest BCUT2D eigenvalue weighted by molar-refractivity contribution is 6.28. The van der Waals surface area contributed by atoms with Crippen LogP contribution >= 0.6 is 11.6 Å². The van der Waals surface area contributed by atoms with Gasteiger partial charge in [-0.15, -0.1) is 0 Å². The Morgan fingerprint density at radius 3 is 2.39 bits per heavy atom. The Morgan fingerprint density at radius 1 is 0.786 bits per heavy atom. The van der Waals surface area contributed by atoms with Gasteiger partial charge in [0.25, 0.3) is 5.56 Å². The van der Waals surface area contributed by atoms with Crippen LogP contribution in [0.2, 0.25) is 5.28 Å². The molecule has 0 spiro atoms. The van der Waals surface area contributed by atoms with Crippen LogP contribution < -0.4 is 5.56 Å². The molecule has 0 amide bonds. The van der Waals surface area contributed by atoms with Gasteiger partial charge in [-0.05, 0) is 40.9 Å². The zero-order chi connectivity index (χ0) is 19.1. The first kappa shape index (κ1) is 16.7. The number of hydrogen-bond acceptors (Lipinski definition) is 3. The topological polar surface area (TPSA) is 47.8 Å². The first-order valence-electron chi connectivity index (χ1n) is 8.84. The van der Waals surface area contributed by atoms with Crippen molar-refractivity contribution >= 4 is 33.4 Å². The summed E-state index contributed by atoms with van der Waals surface area (Å²) < 4.78 is 1.69. The molecule has 0 N–H and O–H groups in total. The highest BCUT2D eigenvalue weighted by Crippen LogP contribution is 2.26. The van der Waals surface area contributed by atoms with Gasteiger partial charge in [0.05, 0.1) is 5.52 Å². The molecule has 134 valence electrons. The van der Waals surface area contributed by atoms with Crippen molar-refractivity contribution in [1.82, 2.24) is 14.5 Å². The smallest absolute Gasteiger partial charge is 0.275 e. The molecule has 2 aromatic heterocycles. The van der Waals surface area contributed by atoms with Crippen molar-refractivity contribution in [1.29, 1.82) is 0 Å². The van der Waals surface area contributed by atoms with E-state index in [2.05, 4.69) is 9.97 Å². The quantitative estimate of drug-likeness (QED) is 0.309. The summed E-state index contributed by atoms with van der Waals surface area (Å²) in [6.45, 7) is 0. The second-order valence-electron chi connectivity index (χ2n) is 6.48. The minimum Gasteiger partial charge on any atom is -0.275 e. The van der Waals surface area contributed by atoms with Crippen LogP contribution in [-0.2, 0) is 0 Å². The van der Waals surface area contributed by atoms with Crippen LogP contribution in [0.1, 0.15) is 0 Å². The van der Waals surface area contributed by atoms with Gasteiger partial charge in [-0.1, -0.05) is 60.7 Å². The SMILES string of the molecule is O=c1c2nc(Cl)ncc2c2ccccc2n1-c1cccc(-c2ccccc2)c1. The third-order valence-electron chi connectivity index (χ3n) is 4.81. The molecule has 0 aliphatic rings. The molecule has 0 radical (unpaired) electrons. The average Bonchev–Trinajstić information content (AvgIpc) is 2.75. The molecule has 5 aromatic rings. The van der Waals surface area contributed by atoms with Crippen molar-refractivity contribution in [2.75, 3.05) is 0 Å². The minimum absolute atomic E-state index is 0.0597. The summed E-state index contributed by atoms with van der Waals surface area (Å²) in [5.41, 5.74) is 3.80. The molecule has 4 nitrogen and oxygen atoms in total. The third-order valence-corrected chi connectivity index (χ3v) is 4.99. The van der Waals surface area contributed by atoms with Gasteiger partial charge in [-0.25, -0.2) is 9.97 Å². The number of nitrogens with zero attached hydrogens (tertiary/aromatic N) is 3. The number of rotatable bonds is 2. The summed E-state index contributed by atoms with van der Waals surface area (Å²) in [5, 5.41) is 1.66. The zero-order valence-corrected chi connectivity index (χ0v) is 15.5. The van der Waals surface area contributed by atoms with Crippen molar-refractivity contribution in [3.8, 4) is 16.8 Å². The number of fused-ring (bicyclic) bond motifs is 3. The van der Waals surface area contributed by atoms with Crippen LogP contribution in [0.5, 0.6) is 0 Å². The highest BCUT2D eigenvalue weighted by atomic mass is 35.5. The molecule has 0 bridgehead atoms. The van der Waals surface area contributed by atoms with Crippen LogP contribution in [0.4, 0.5) is 0 Å². The Bertz CT molecular complexity index is 1390. The minimum atomic E-state index is -0.219. The lowest BCUT2D eigenvalue weighted by Gasteiger charge is -2.14. The van der Waals surface area contributed by atoms with Gasteiger partial charge in [-0.3, -0.25) is 9.36 Å². The van der Waals surface area contributed by atoms with Crippen molar-refractivity contribution in [2.24, 2.45) is 0 Å². The fourth-order valence-electron chi connectivity index (χ4n) is 3.54. The summed E-state index contributed by atoms with van der Waals surface area (Å²) in [4.78, 5) is 21.6. The standard InChI is InChI=1S/C23H14ClN3O/c24-23-25-14-19-18-11-4-5-12-20(18)27(22(28)21(19)26-23)17-10-6-9-16(13-17)15-7-2-1-3-8-15/h1-14H. The molecule has 0 aliphatic heterocycles. The average molecular weight is 384 g/mol. The number of halogens is 1. The molecular weight excluding hydrogens is 370 g/mol. The molecule has 5 rings (SSSR count). The van der Waals surface area contributed by atoms with E-state index in [0.717, 1.165) is 27.7 Å². The van der Waals surface area contributed by atoms with E-state index in [4.69, 9.17) is 11.6 Å². The van der Waals surface area contributed by atoms with Gasteiger partial charge in [-0.2, -0.15) is 0 Å². The molecule has 5 heteroatoms. The van der Waals surface area contributed by atoms with Crippen molar-refractivity contribution in [3.63, 3.8) is 0 Å². The van der Waals surface area contributed by atoms with Gasteiger partial charge >= 0.3 is 0 Å². The van der Waals surface area contributed by atoms with E-state index in [1.807, 2.05) is 78.9 Å². The Hall–Kier alpha value is -3.50. The lowest BCUT2D eigenvalue weighted by Crippen LogP contribution is -2.20. The maximum atomic E-state index is 13.4. The van der Waals surface area contributed by atoms with E-state index >= 15 is 0 Å². The number of aromatic nitrogens is 3. The van der Waals surface area contributed by atoms with Crippen LogP contribution in [0.25, 0.3) is 38.6 Å². The first-order valence-corrected chi connectivity index (χ1v) is 9.22. The number of hydrogen-bond donors (Lipinski definition) is 0. The van der Waals surface area contributed by atoms with Gasteiger partial charge in [0.1, 0.15) is 5.52 Å². The summed E-state index contributed by atoms with van der Waals surface area (Å²) >= 11 is 5.98. The first-order chi connectivity index (χ1) is 13.7. The predicted octanol–water partition coefficient (Wildman–Crippen LogP) is 5.25. The number of para-hydroxylation sites is 1. The van der Waals surface area contributed by atoms with E-state index in [-0.39, 0.29) is 10.8 Å². The summed E-state index contributed by atoms with van der Waals surface area (Å²) in [6.07, 6.45) is 1.61. The normalized spacial score (nSPS) is 11.2. The van der Waals surface area contributed by atoms with E-state index in [1.165, 1.54) is 0 Å².